The van der Waals surface area contributed by atoms with Crippen LogP contribution in [0.5, 0.6) is 11.5 Å². The highest BCUT2D eigenvalue weighted by Crippen LogP contribution is 2.41. The van der Waals surface area contributed by atoms with Gasteiger partial charge in [0.25, 0.3) is 11.7 Å². The standard InChI is InChI=1S/C27H32N2O5/c1-4-28(5-2)13-6-14-29-24(18-7-10-21(30)11-8-18)23(26(32)27(29)33)25(31)19-9-12-22-20(16-19)15-17(3)34-22/h7-12,16-17,24,30-31H,4-6,13-15H2,1-3H3/b25-23+/t17-,24-/m1/s1. The molecule has 0 aliphatic carbocycles. The molecule has 7 heteroatoms. The Labute approximate surface area is 200 Å². The number of benzene rings is 2. The van der Waals surface area contributed by atoms with Crippen molar-refractivity contribution in [3.8, 4) is 11.5 Å². The van der Waals surface area contributed by atoms with Crippen molar-refractivity contribution in [2.24, 2.45) is 0 Å². The third kappa shape index (κ3) is 4.53. The first-order valence-corrected chi connectivity index (χ1v) is 11.9. The van der Waals surface area contributed by atoms with Crippen molar-refractivity contribution in [1.29, 1.82) is 0 Å². The first-order valence-electron chi connectivity index (χ1n) is 11.9. The molecule has 4 rings (SSSR count). The van der Waals surface area contributed by atoms with Crippen LogP contribution in [0.3, 0.4) is 0 Å². The Kier molecular flexibility index (Phi) is 6.93. The Morgan fingerprint density at radius 3 is 2.50 bits per heavy atom. The number of aliphatic hydroxyl groups is 1. The van der Waals surface area contributed by atoms with Crippen molar-refractivity contribution in [2.75, 3.05) is 26.2 Å². The van der Waals surface area contributed by atoms with Gasteiger partial charge in [-0.3, -0.25) is 9.59 Å². The molecule has 0 unspecified atom stereocenters. The molecule has 0 bridgehead atoms. The maximum atomic E-state index is 13.2. The number of phenolic OH excluding ortho intramolecular Hbond substituents is 1. The second-order valence-electron chi connectivity index (χ2n) is 8.92. The average Bonchev–Trinajstić information content (AvgIpc) is 3.32. The van der Waals surface area contributed by atoms with Gasteiger partial charge in [-0.2, -0.15) is 0 Å². The zero-order valence-electron chi connectivity index (χ0n) is 20.0. The molecule has 180 valence electrons. The Hall–Kier alpha value is -3.32. The molecule has 2 N–H and O–H groups in total. The summed E-state index contributed by atoms with van der Waals surface area (Å²) < 4.78 is 5.75. The number of ketones is 1. The molecule has 1 amide bonds. The number of amides is 1. The van der Waals surface area contributed by atoms with Crippen LogP contribution in [0.25, 0.3) is 5.76 Å². The van der Waals surface area contributed by atoms with E-state index in [9.17, 15) is 19.8 Å². The first-order chi connectivity index (χ1) is 16.3. The summed E-state index contributed by atoms with van der Waals surface area (Å²) in [4.78, 5) is 30.1. The third-order valence-electron chi connectivity index (χ3n) is 6.69. The lowest BCUT2D eigenvalue weighted by Gasteiger charge is -2.26. The first kappa shape index (κ1) is 23.8. The molecule has 0 radical (unpaired) electrons. The SMILES string of the molecule is CCN(CC)CCCN1C(=O)C(=O)/C(=C(/O)c2ccc3c(c2)C[C@@H](C)O3)[C@H]1c1ccc(O)cc1. The largest absolute Gasteiger partial charge is 0.508 e. The summed E-state index contributed by atoms with van der Waals surface area (Å²) in [5.74, 6) is -0.628. The number of aromatic hydroxyl groups is 1. The van der Waals surface area contributed by atoms with Crippen LogP contribution < -0.4 is 4.74 Å². The summed E-state index contributed by atoms with van der Waals surface area (Å²) in [5.41, 5.74) is 2.19. The summed E-state index contributed by atoms with van der Waals surface area (Å²) in [6.07, 6.45) is 1.48. The van der Waals surface area contributed by atoms with E-state index in [1.165, 1.54) is 12.1 Å². The van der Waals surface area contributed by atoms with E-state index in [2.05, 4.69) is 18.7 Å². The predicted molar refractivity (Wildman–Crippen MR) is 130 cm³/mol. The van der Waals surface area contributed by atoms with Gasteiger partial charge in [0.15, 0.2) is 0 Å². The molecule has 7 nitrogen and oxygen atoms in total. The van der Waals surface area contributed by atoms with E-state index in [0.717, 1.165) is 37.4 Å². The zero-order chi connectivity index (χ0) is 24.4. The second kappa shape index (κ2) is 9.89. The molecule has 2 aromatic rings. The van der Waals surface area contributed by atoms with E-state index in [0.29, 0.717) is 24.1 Å². The number of phenols is 1. The maximum Gasteiger partial charge on any atom is 0.295 e. The zero-order valence-corrected chi connectivity index (χ0v) is 20.0. The summed E-state index contributed by atoms with van der Waals surface area (Å²) in [6.45, 7) is 9.19. The van der Waals surface area contributed by atoms with Crippen LogP contribution in [-0.4, -0.2) is 64.0 Å². The van der Waals surface area contributed by atoms with Crippen LogP contribution >= 0.6 is 0 Å². The summed E-state index contributed by atoms with van der Waals surface area (Å²) in [5, 5.41) is 21.0. The summed E-state index contributed by atoms with van der Waals surface area (Å²) in [7, 11) is 0. The number of hydrogen-bond acceptors (Lipinski definition) is 6. The monoisotopic (exact) mass is 464 g/mol. The minimum absolute atomic E-state index is 0.0563. The minimum Gasteiger partial charge on any atom is -0.508 e. The number of carbonyl (C=O) groups is 2. The van der Waals surface area contributed by atoms with E-state index in [-0.39, 0.29) is 23.2 Å². The van der Waals surface area contributed by atoms with E-state index in [1.807, 2.05) is 13.0 Å². The van der Waals surface area contributed by atoms with Gasteiger partial charge in [-0.1, -0.05) is 26.0 Å². The topological polar surface area (TPSA) is 90.3 Å². The number of Topliss-reactive ketones (excluding diaryl/α,β-unsaturated/α-hetero) is 1. The third-order valence-corrected chi connectivity index (χ3v) is 6.69. The second-order valence-corrected chi connectivity index (χ2v) is 8.92. The highest BCUT2D eigenvalue weighted by molar-refractivity contribution is 6.46. The lowest BCUT2D eigenvalue weighted by molar-refractivity contribution is -0.140. The van der Waals surface area contributed by atoms with E-state index in [4.69, 9.17) is 4.74 Å². The molecular formula is C27H32N2O5. The van der Waals surface area contributed by atoms with Crippen LogP contribution in [0.1, 0.15) is 49.9 Å². The van der Waals surface area contributed by atoms with Gasteiger partial charge in [-0.05, 0) is 74.4 Å². The van der Waals surface area contributed by atoms with Gasteiger partial charge in [0.2, 0.25) is 0 Å². The van der Waals surface area contributed by atoms with Crippen molar-refractivity contribution in [3.63, 3.8) is 0 Å². The van der Waals surface area contributed by atoms with Gasteiger partial charge in [-0.15, -0.1) is 0 Å². The Morgan fingerprint density at radius 2 is 1.82 bits per heavy atom. The van der Waals surface area contributed by atoms with E-state index >= 15 is 0 Å². The normalized spacial score (nSPS) is 21.2. The van der Waals surface area contributed by atoms with Crippen molar-refractivity contribution in [2.45, 2.75) is 45.8 Å². The summed E-state index contributed by atoms with van der Waals surface area (Å²) in [6, 6.07) is 11.1. The highest BCUT2D eigenvalue weighted by Gasteiger charge is 2.45. The molecule has 0 spiro atoms. The van der Waals surface area contributed by atoms with Gasteiger partial charge in [0.05, 0.1) is 11.6 Å². The Balaban J connectivity index is 1.72. The van der Waals surface area contributed by atoms with Gasteiger partial charge < -0.3 is 24.7 Å². The molecule has 34 heavy (non-hydrogen) atoms. The lowest BCUT2D eigenvalue weighted by Crippen LogP contribution is -2.33. The molecule has 1 fully saturated rings. The van der Waals surface area contributed by atoms with Gasteiger partial charge in [0.1, 0.15) is 23.4 Å². The number of carbonyl (C=O) groups excluding carboxylic acids is 2. The Bertz CT molecular complexity index is 1100. The van der Waals surface area contributed by atoms with Crippen LogP contribution in [-0.2, 0) is 16.0 Å². The van der Waals surface area contributed by atoms with E-state index < -0.39 is 17.7 Å². The van der Waals surface area contributed by atoms with Gasteiger partial charge in [0, 0.05) is 18.5 Å². The smallest absolute Gasteiger partial charge is 0.295 e. The lowest BCUT2D eigenvalue weighted by atomic mass is 9.94. The number of hydrogen-bond donors (Lipinski definition) is 2. The summed E-state index contributed by atoms with van der Waals surface area (Å²) >= 11 is 0. The number of likely N-dealkylation sites (tertiary alicyclic amines) is 1. The molecule has 2 aliphatic heterocycles. The van der Waals surface area contributed by atoms with Crippen LogP contribution in [0, 0.1) is 0 Å². The van der Waals surface area contributed by atoms with Crippen molar-refractivity contribution >= 4 is 17.4 Å². The Morgan fingerprint density at radius 1 is 1.12 bits per heavy atom. The molecule has 2 atom stereocenters. The molecule has 0 aromatic heterocycles. The van der Waals surface area contributed by atoms with Crippen molar-refractivity contribution < 1.29 is 24.5 Å². The number of ether oxygens (including phenoxy) is 1. The predicted octanol–water partition coefficient (Wildman–Crippen LogP) is 3.87. The quantitative estimate of drug-likeness (QED) is 0.350. The number of nitrogens with zero attached hydrogens (tertiary/aromatic N) is 2. The molecule has 0 saturated carbocycles. The molecule has 2 aliphatic rings. The number of fused-ring (bicyclic) bond motifs is 1. The fourth-order valence-electron chi connectivity index (χ4n) is 4.84. The molecular weight excluding hydrogens is 432 g/mol. The molecule has 2 heterocycles. The average molecular weight is 465 g/mol. The van der Waals surface area contributed by atoms with Crippen LogP contribution in [0.4, 0.5) is 0 Å². The highest BCUT2D eigenvalue weighted by atomic mass is 16.5. The van der Waals surface area contributed by atoms with Crippen molar-refractivity contribution in [1.82, 2.24) is 9.80 Å². The minimum atomic E-state index is -0.722. The van der Waals surface area contributed by atoms with Crippen LogP contribution in [0.15, 0.2) is 48.0 Å². The molecule has 1 saturated heterocycles. The van der Waals surface area contributed by atoms with Crippen molar-refractivity contribution in [3.05, 3.63) is 64.7 Å². The fraction of sp³-hybridized carbons (Fsp3) is 0.407. The number of rotatable bonds is 8. The maximum absolute atomic E-state index is 13.2. The fourth-order valence-corrected chi connectivity index (χ4v) is 4.84. The van der Waals surface area contributed by atoms with E-state index in [1.54, 1.807) is 29.2 Å². The van der Waals surface area contributed by atoms with Crippen LogP contribution in [0.2, 0.25) is 0 Å². The van der Waals surface area contributed by atoms with Gasteiger partial charge in [-0.25, -0.2) is 0 Å². The number of aliphatic hydroxyl groups excluding tert-OH is 1. The van der Waals surface area contributed by atoms with Gasteiger partial charge >= 0.3 is 0 Å². The molecule has 2 aromatic carbocycles.